The van der Waals surface area contributed by atoms with E-state index in [1.54, 1.807) is 0 Å². The summed E-state index contributed by atoms with van der Waals surface area (Å²) in [5.41, 5.74) is 11.0. The molecule has 0 radical (unpaired) electrons. The Kier molecular flexibility index (Phi) is 3.29. The van der Waals surface area contributed by atoms with E-state index in [0.717, 1.165) is 17.7 Å². The van der Waals surface area contributed by atoms with E-state index in [9.17, 15) is 0 Å². The molecular weight excluding hydrogens is 210 g/mol. The number of nitrogens with zero attached hydrogens (tertiary/aromatic N) is 2. The van der Waals surface area contributed by atoms with Gasteiger partial charge in [-0.05, 0) is 37.5 Å². The van der Waals surface area contributed by atoms with Crippen molar-refractivity contribution in [3.63, 3.8) is 0 Å². The Morgan fingerprint density at radius 3 is 2.59 bits per heavy atom. The van der Waals surface area contributed by atoms with E-state index in [2.05, 4.69) is 44.1 Å². The molecule has 0 saturated heterocycles. The second-order valence-corrected chi connectivity index (χ2v) is 4.45. The van der Waals surface area contributed by atoms with Crippen LogP contribution < -0.4 is 5.73 Å². The second-order valence-electron chi connectivity index (χ2n) is 4.45. The zero-order chi connectivity index (χ0) is 12.4. The van der Waals surface area contributed by atoms with Crippen LogP contribution in [0.4, 0.5) is 0 Å². The molecule has 0 spiro atoms. The molecule has 0 saturated carbocycles. The van der Waals surface area contributed by atoms with Crippen LogP contribution in [0.1, 0.15) is 35.2 Å². The summed E-state index contributed by atoms with van der Waals surface area (Å²) in [7, 11) is 0. The Bertz CT molecular complexity index is 514. The van der Waals surface area contributed by atoms with E-state index in [-0.39, 0.29) is 6.04 Å². The van der Waals surface area contributed by atoms with Crippen LogP contribution in [0.25, 0.3) is 0 Å². The first kappa shape index (κ1) is 11.9. The Morgan fingerprint density at radius 1 is 1.24 bits per heavy atom. The first-order valence-corrected chi connectivity index (χ1v) is 5.97. The minimum Gasteiger partial charge on any atom is -0.320 e. The monoisotopic (exact) mass is 229 g/mol. The van der Waals surface area contributed by atoms with Gasteiger partial charge in [0.2, 0.25) is 0 Å². The Hall–Kier alpha value is -1.61. The van der Waals surface area contributed by atoms with Crippen LogP contribution >= 0.6 is 0 Å². The molecule has 1 unspecified atom stereocenters. The summed E-state index contributed by atoms with van der Waals surface area (Å²) in [5.74, 6) is 0. The number of hydrogen-bond acceptors (Lipinski definition) is 2. The minimum atomic E-state index is -0.0883. The van der Waals surface area contributed by atoms with Crippen LogP contribution in [0, 0.1) is 13.8 Å². The van der Waals surface area contributed by atoms with Gasteiger partial charge < -0.3 is 5.73 Å². The number of aromatic nitrogens is 2. The van der Waals surface area contributed by atoms with Gasteiger partial charge in [0.05, 0.1) is 12.2 Å². The fourth-order valence-corrected chi connectivity index (χ4v) is 1.86. The molecule has 0 bridgehead atoms. The van der Waals surface area contributed by atoms with Gasteiger partial charge in [0.25, 0.3) is 0 Å². The third-order valence-corrected chi connectivity index (χ3v) is 3.23. The van der Waals surface area contributed by atoms with Crippen LogP contribution in [-0.2, 0) is 6.54 Å². The molecular formula is C14H19N3. The maximum Gasteiger partial charge on any atom is 0.0582 e. The molecule has 1 heterocycles. The third-order valence-electron chi connectivity index (χ3n) is 3.23. The standard InChI is InChI=1S/C14H19N3/c1-4-17-9-13(8-16-17)14(15)12-6-5-10(2)11(3)7-12/h5-9,14H,4,15H2,1-3H3. The number of benzene rings is 1. The first-order chi connectivity index (χ1) is 8.11. The van der Waals surface area contributed by atoms with Crippen LogP contribution in [0.5, 0.6) is 0 Å². The Morgan fingerprint density at radius 2 is 2.00 bits per heavy atom. The summed E-state index contributed by atoms with van der Waals surface area (Å²) >= 11 is 0. The summed E-state index contributed by atoms with van der Waals surface area (Å²) in [6, 6.07) is 6.28. The maximum atomic E-state index is 6.25. The van der Waals surface area contributed by atoms with Gasteiger partial charge >= 0.3 is 0 Å². The summed E-state index contributed by atoms with van der Waals surface area (Å²) < 4.78 is 1.90. The highest BCUT2D eigenvalue weighted by atomic mass is 15.3. The van der Waals surface area contributed by atoms with Crippen molar-refractivity contribution < 1.29 is 0 Å². The van der Waals surface area contributed by atoms with Crippen molar-refractivity contribution in [1.29, 1.82) is 0 Å². The Balaban J connectivity index is 2.29. The topological polar surface area (TPSA) is 43.8 Å². The van der Waals surface area contributed by atoms with Crippen molar-refractivity contribution in [1.82, 2.24) is 9.78 Å². The van der Waals surface area contributed by atoms with E-state index in [0.29, 0.717) is 0 Å². The van der Waals surface area contributed by atoms with Crippen LogP contribution in [0.15, 0.2) is 30.6 Å². The zero-order valence-corrected chi connectivity index (χ0v) is 10.6. The highest BCUT2D eigenvalue weighted by molar-refractivity contribution is 5.35. The number of aryl methyl sites for hydroxylation is 3. The molecule has 3 heteroatoms. The molecule has 0 aliphatic heterocycles. The molecule has 17 heavy (non-hydrogen) atoms. The van der Waals surface area contributed by atoms with Crippen molar-refractivity contribution in [3.8, 4) is 0 Å². The van der Waals surface area contributed by atoms with E-state index in [1.807, 2.05) is 17.1 Å². The SMILES string of the molecule is CCn1cc(C(N)c2ccc(C)c(C)c2)cn1. The minimum absolute atomic E-state index is 0.0883. The summed E-state index contributed by atoms with van der Waals surface area (Å²) in [4.78, 5) is 0. The van der Waals surface area contributed by atoms with E-state index in [4.69, 9.17) is 5.73 Å². The van der Waals surface area contributed by atoms with Gasteiger partial charge in [-0.1, -0.05) is 18.2 Å². The fraction of sp³-hybridized carbons (Fsp3) is 0.357. The average molecular weight is 229 g/mol. The quantitative estimate of drug-likeness (QED) is 0.879. The van der Waals surface area contributed by atoms with Gasteiger partial charge in [0, 0.05) is 18.3 Å². The van der Waals surface area contributed by atoms with Crippen molar-refractivity contribution in [3.05, 3.63) is 52.8 Å². The molecule has 1 aromatic carbocycles. The Labute approximate surface area is 102 Å². The molecule has 3 nitrogen and oxygen atoms in total. The second kappa shape index (κ2) is 4.72. The third kappa shape index (κ3) is 2.39. The van der Waals surface area contributed by atoms with Crippen LogP contribution in [0.3, 0.4) is 0 Å². The first-order valence-electron chi connectivity index (χ1n) is 5.97. The lowest BCUT2D eigenvalue weighted by atomic mass is 9.98. The van der Waals surface area contributed by atoms with E-state index < -0.39 is 0 Å². The lowest BCUT2D eigenvalue weighted by Gasteiger charge is -2.11. The molecule has 1 aromatic heterocycles. The van der Waals surface area contributed by atoms with Crippen LogP contribution in [0.2, 0.25) is 0 Å². The summed E-state index contributed by atoms with van der Waals surface area (Å²) in [5, 5.41) is 4.26. The molecule has 0 aliphatic carbocycles. The van der Waals surface area contributed by atoms with E-state index in [1.165, 1.54) is 11.1 Å². The molecule has 2 N–H and O–H groups in total. The van der Waals surface area contributed by atoms with Gasteiger partial charge in [0.1, 0.15) is 0 Å². The number of rotatable bonds is 3. The molecule has 0 fully saturated rings. The van der Waals surface area contributed by atoms with Gasteiger partial charge in [-0.2, -0.15) is 5.10 Å². The maximum absolute atomic E-state index is 6.25. The number of hydrogen-bond donors (Lipinski definition) is 1. The highest BCUT2D eigenvalue weighted by Gasteiger charge is 2.11. The van der Waals surface area contributed by atoms with Crippen LogP contribution in [-0.4, -0.2) is 9.78 Å². The van der Waals surface area contributed by atoms with Gasteiger partial charge in [0.15, 0.2) is 0 Å². The smallest absolute Gasteiger partial charge is 0.0582 e. The van der Waals surface area contributed by atoms with Crippen molar-refractivity contribution in [2.45, 2.75) is 33.4 Å². The molecule has 2 rings (SSSR count). The van der Waals surface area contributed by atoms with Crippen molar-refractivity contribution in [2.75, 3.05) is 0 Å². The summed E-state index contributed by atoms with van der Waals surface area (Å²) in [6.45, 7) is 7.17. The molecule has 2 aromatic rings. The lowest BCUT2D eigenvalue weighted by molar-refractivity contribution is 0.658. The largest absolute Gasteiger partial charge is 0.320 e. The zero-order valence-electron chi connectivity index (χ0n) is 10.6. The summed E-state index contributed by atoms with van der Waals surface area (Å²) in [6.07, 6.45) is 3.86. The fourth-order valence-electron chi connectivity index (χ4n) is 1.86. The van der Waals surface area contributed by atoms with E-state index >= 15 is 0 Å². The molecule has 90 valence electrons. The van der Waals surface area contributed by atoms with Gasteiger partial charge in [-0.3, -0.25) is 4.68 Å². The highest BCUT2D eigenvalue weighted by Crippen LogP contribution is 2.21. The average Bonchev–Trinajstić information content (AvgIpc) is 2.80. The van der Waals surface area contributed by atoms with Crippen molar-refractivity contribution >= 4 is 0 Å². The predicted octanol–water partition coefficient (Wildman–Crippen LogP) is 2.57. The number of nitrogens with two attached hydrogens (primary N) is 1. The lowest BCUT2D eigenvalue weighted by Crippen LogP contribution is -2.11. The van der Waals surface area contributed by atoms with Crippen molar-refractivity contribution in [2.24, 2.45) is 5.73 Å². The molecule has 0 aliphatic rings. The molecule has 0 amide bonds. The molecule has 1 atom stereocenters. The predicted molar refractivity (Wildman–Crippen MR) is 69.8 cm³/mol. The van der Waals surface area contributed by atoms with Gasteiger partial charge in [-0.15, -0.1) is 0 Å². The van der Waals surface area contributed by atoms with Gasteiger partial charge in [-0.25, -0.2) is 0 Å². The normalized spacial score (nSPS) is 12.7.